The van der Waals surface area contributed by atoms with Crippen LogP contribution in [0.4, 0.5) is 5.69 Å². The van der Waals surface area contributed by atoms with Crippen LogP contribution in [0.3, 0.4) is 0 Å². The maximum atomic E-state index is 12.6. The summed E-state index contributed by atoms with van der Waals surface area (Å²) in [5, 5.41) is 18.5. The molecule has 1 N–H and O–H groups in total. The molecule has 0 aliphatic carbocycles. The fourth-order valence-corrected chi connectivity index (χ4v) is 3.08. The number of fused-ring (bicyclic) bond motifs is 2. The lowest BCUT2D eigenvalue weighted by Crippen LogP contribution is -2.37. The van der Waals surface area contributed by atoms with E-state index in [1.165, 1.54) is 6.07 Å². The van der Waals surface area contributed by atoms with Crippen molar-refractivity contribution in [1.29, 1.82) is 0 Å². The van der Waals surface area contributed by atoms with E-state index in [1.54, 1.807) is 24.3 Å². The highest BCUT2D eigenvalue weighted by Gasteiger charge is 2.19. The van der Waals surface area contributed by atoms with E-state index in [2.05, 4.69) is 5.32 Å². The highest BCUT2D eigenvalue weighted by molar-refractivity contribution is 6.31. The Bertz CT molecular complexity index is 1120. The van der Waals surface area contributed by atoms with Crippen LogP contribution < -0.4 is 10.0 Å². The van der Waals surface area contributed by atoms with Gasteiger partial charge in [0, 0.05) is 33.6 Å². The number of pyridine rings is 1. The number of carbonyl (C=O) groups excluding carboxylic acids is 1. The Kier molecular flexibility index (Phi) is 3.75. The van der Waals surface area contributed by atoms with Crippen LogP contribution in [0.25, 0.3) is 21.7 Å². The number of halogens is 1. The van der Waals surface area contributed by atoms with Crippen molar-refractivity contribution in [1.82, 2.24) is 0 Å². The van der Waals surface area contributed by atoms with Crippen molar-refractivity contribution in [3.8, 4) is 0 Å². The predicted molar refractivity (Wildman–Crippen MR) is 99.8 cm³/mol. The zero-order chi connectivity index (χ0) is 17.4. The van der Waals surface area contributed by atoms with E-state index in [-0.39, 0.29) is 5.69 Å². The Balaban J connectivity index is 1.75. The molecule has 25 heavy (non-hydrogen) atoms. The van der Waals surface area contributed by atoms with Crippen molar-refractivity contribution in [2.45, 2.75) is 0 Å². The second kappa shape index (κ2) is 6.07. The largest absolute Gasteiger partial charge is 0.618 e. The van der Waals surface area contributed by atoms with E-state index >= 15 is 0 Å². The molecule has 122 valence electrons. The third-order valence-corrected chi connectivity index (χ3v) is 4.35. The molecule has 0 radical (unpaired) electrons. The number of hydrogen-bond acceptors (Lipinski definition) is 2. The first-order chi connectivity index (χ1) is 12.1. The highest BCUT2D eigenvalue weighted by Crippen LogP contribution is 2.23. The van der Waals surface area contributed by atoms with Crippen molar-refractivity contribution >= 4 is 44.9 Å². The smallest absolute Gasteiger partial charge is 0.321 e. The third kappa shape index (κ3) is 2.77. The summed E-state index contributed by atoms with van der Waals surface area (Å²) in [5.74, 6) is -0.455. The van der Waals surface area contributed by atoms with Gasteiger partial charge in [-0.1, -0.05) is 48.0 Å². The van der Waals surface area contributed by atoms with Crippen LogP contribution in [0.1, 0.15) is 10.5 Å². The van der Waals surface area contributed by atoms with Gasteiger partial charge in [-0.15, -0.1) is 0 Å². The molecule has 0 bridgehead atoms. The van der Waals surface area contributed by atoms with Crippen molar-refractivity contribution in [3.05, 3.63) is 88.7 Å². The standard InChI is InChI=1S/C20H13ClN2O2/c21-15-9-11-18-14(12-15)8-10-19(23(18)25)20(24)22-17-7-3-5-13-4-1-2-6-16(13)17/h1-12H,(H,22,24). The Morgan fingerprint density at radius 3 is 2.60 bits per heavy atom. The minimum atomic E-state index is -0.455. The SMILES string of the molecule is O=C(Nc1cccc2ccccc12)c1ccc2cc(Cl)ccc2[n+]1[O-]. The van der Waals surface area contributed by atoms with E-state index in [9.17, 15) is 10.0 Å². The van der Waals surface area contributed by atoms with Crippen molar-refractivity contribution in [2.75, 3.05) is 5.32 Å². The zero-order valence-electron chi connectivity index (χ0n) is 13.1. The summed E-state index contributed by atoms with van der Waals surface area (Å²) in [6.07, 6.45) is 0. The topological polar surface area (TPSA) is 56.0 Å². The normalized spacial score (nSPS) is 10.9. The summed E-state index contributed by atoms with van der Waals surface area (Å²) in [6.45, 7) is 0. The summed E-state index contributed by atoms with van der Waals surface area (Å²) in [7, 11) is 0. The van der Waals surface area contributed by atoms with Gasteiger partial charge in [0.1, 0.15) is 0 Å². The van der Waals surface area contributed by atoms with Gasteiger partial charge in [0.05, 0.1) is 0 Å². The molecule has 0 aliphatic rings. The Hall–Kier alpha value is -3.11. The number of benzene rings is 3. The number of carbonyl (C=O) groups is 1. The van der Waals surface area contributed by atoms with Crippen LogP contribution in [0.15, 0.2) is 72.8 Å². The Labute approximate surface area is 148 Å². The van der Waals surface area contributed by atoms with Gasteiger partial charge in [-0.25, -0.2) is 0 Å². The maximum absolute atomic E-state index is 12.6. The van der Waals surface area contributed by atoms with Gasteiger partial charge in [0.15, 0.2) is 0 Å². The monoisotopic (exact) mass is 348 g/mol. The molecule has 3 aromatic carbocycles. The first-order valence-corrected chi connectivity index (χ1v) is 8.12. The molecular formula is C20H13ClN2O2. The van der Waals surface area contributed by atoms with Gasteiger partial charge in [-0.2, -0.15) is 4.73 Å². The molecule has 0 saturated heterocycles. The van der Waals surface area contributed by atoms with Crippen LogP contribution in [-0.4, -0.2) is 5.91 Å². The summed E-state index contributed by atoms with van der Waals surface area (Å²) in [6, 6.07) is 21.6. The fraction of sp³-hybridized carbons (Fsp3) is 0. The van der Waals surface area contributed by atoms with Gasteiger partial charge in [-0.3, -0.25) is 4.79 Å². The number of amides is 1. The summed E-state index contributed by atoms with van der Waals surface area (Å²) < 4.78 is 0.631. The maximum Gasteiger partial charge on any atom is 0.321 e. The molecule has 1 amide bonds. The minimum absolute atomic E-state index is 0.0303. The number of nitrogens with one attached hydrogen (secondary N) is 1. The van der Waals surface area contributed by atoms with Gasteiger partial charge < -0.3 is 10.5 Å². The molecule has 5 heteroatoms. The van der Waals surface area contributed by atoms with E-state index in [0.29, 0.717) is 26.3 Å². The van der Waals surface area contributed by atoms with Gasteiger partial charge in [-0.05, 0) is 29.7 Å². The lowest BCUT2D eigenvalue weighted by atomic mass is 10.1. The van der Waals surface area contributed by atoms with Gasteiger partial charge >= 0.3 is 5.91 Å². The quantitative estimate of drug-likeness (QED) is 0.427. The molecular weight excluding hydrogens is 336 g/mol. The third-order valence-electron chi connectivity index (χ3n) is 4.12. The number of nitrogens with zero attached hydrogens (tertiary/aromatic N) is 1. The highest BCUT2D eigenvalue weighted by atomic mass is 35.5. The summed E-state index contributed by atoms with van der Waals surface area (Å²) in [5.41, 5.74) is 1.09. The van der Waals surface area contributed by atoms with Crippen molar-refractivity contribution in [3.63, 3.8) is 0 Å². The predicted octanol–water partition coefficient (Wildman–Crippen LogP) is 4.53. The summed E-state index contributed by atoms with van der Waals surface area (Å²) in [4.78, 5) is 12.6. The van der Waals surface area contributed by atoms with Crippen molar-refractivity contribution < 1.29 is 9.52 Å². The lowest BCUT2D eigenvalue weighted by Gasteiger charge is -2.10. The van der Waals surface area contributed by atoms with Crippen LogP contribution in [-0.2, 0) is 0 Å². The second-order valence-corrected chi connectivity index (χ2v) is 6.13. The van der Waals surface area contributed by atoms with Crippen LogP contribution in [0.5, 0.6) is 0 Å². The van der Waals surface area contributed by atoms with Gasteiger partial charge in [0.25, 0.3) is 5.69 Å². The molecule has 0 atom stereocenters. The number of rotatable bonds is 2. The molecule has 0 spiro atoms. The second-order valence-electron chi connectivity index (χ2n) is 5.70. The van der Waals surface area contributed by atoms with E-state index < -0.39 is 5.91 Å². The molecule has 0 unspecified atom stereocenters. The average molecular weight is 349 g/mol. The summed E-state index contributed by atoms with van der Waals surface area (Å²) >= 11 is 5.95. The molecule has 1 aromatic heterocycles. The number of anilines is 1. The van der Waals surface area contributed by atoms with Crippen LogP contribution >= 0.6 is 11.6 Å². The first-order valence-electron chi connectivity index (χ1n) is 7.74. The molecule has 4 rings (SSSR count). The molecule has 0 aliphatic heterocycles. The number of hydrogen-bond donors (Lipinski definition) is 1. The lowest BCUT2D eigenvalue weighted by molar-refractivity contribution is -0.579. The van der Waals surface area contributed by atoms with Crippen LogP contribution in [0, 0.1) is 5.21 Å². The van der Waals surface area contributed by atoms with Gasteiger partial charge in [0.2, 0.25) is 5.52 Å². The van der Waals surface area contributed by atoms with E-state index in [1.807, 2.05) is 42.5 Å². The van der Waals surface area contributed by atoms with Crippen LogP contribution in [0.2, 0.25) is 5.02 Å². The van der Waals surface area contributed by atoms with E-state index in [4.69, 9.17) is 11.6 Å². The fourth-order valence-electron chi connectivity index (χ4n) is 2.90. The van der Waals surface area contributed by atoms with Crippen molar-refractivity contribution in [2.24, 2.45) is 0 Å². The first kappa shape index (κ1) is 15.4. The Morgan fingerprint density at radius 1 is 0.920 bits per heavy atom. The zero-order valence-corrected chi connectivity index (χ0v) is 13.8. The molecule has 0 fully saturated rings. The number of aromatic nitrogens is 1. The average Bonchev–Trinajstić information content (AvgIpc) is 2.62. The molecule has 1 heterocycles. The molecule has 4 aromatic rings. The Morgan fingerprint density at radius 2 is 1.72 bits per heavy atom. The minimum Gasteiger partial charge on any atom is -0.618 e. The molecule has 0 saturated carbocycles. The van der Waals surface area contributed by atoms with E-state index in [0.717, 1.165) is 10.8 Å². The molecule has 4 nitrogen and oxygen atoms in total.